The molecule has 0 spiro atoms. The lowest BCUT2D eigenvalue weighted by atomic mass is 10.1. The fourth-order valence-electron chi connectivity index (χ4n) is 4.00. The maximum absolute atomic E-state index is 12.7. The van der Waals surface area contributed by atoms with E-state index in [-0.39, 0.29) is 11.4 Å². The number of aliphatic hydroxyl groups excluding tert-OH is 2. The topological polar surface area (TPSA) is 253 Å². The summed E-state index contributed by atoms with van der Waals surface area (Å²) in [4.78, 5) is 56.6. The smallest absolute Gasteiger partial charge is 0.488 e. The molecule has 4 rings (SSSR count). The second-order valence-electron chi connectivity index (χ2n) is 9.47. The quantitative estimate of drug-likeness (QED) is 0.126. The highest BCUT2D eigenvalue weighted by molar-refractivity contribution is 7.71. The molecule has 242 valence electrons. The van der Waals surface area contributed by atoms with Gasteiger partial charge in [0.05, 0.1) is 19.0 Å². The Morgan fingerprint density at radius 2 is 1.56 bits per heavy atom. The van der Waals surface area contributed by atoms with Gasteiger partial charge in [-0.3, -0.25) is 23.4 Å². The number of hydrogen-bond donors (Lipinski definition) is 6. The molecule has 3 aromatic rings. The van der Waals surface area contributed by atoms with Crippen LogP contribution in [-0.4, -0.2) is 66.5 Å². The highest BCUT2D eigenvalue weighted by Gasteiger charge is 2.47. The van der Waals surface area contributed by atoms with Crippen LogP contribution < -0.4 is 21.3 Å². The minimum Gasteiger partial charge on any atom is -0.497 e. The minimum absolute atomic E-state index is 0.207. The monoisotopic (exact) mass is 688 g/mol. The molecule has 17 nitrogen and oxygen atoms in total. The molecule has 1 saturated heterocycles. The largest absolute Gasteiger partial charge is 0.497 e. The number of H-pyrrole nitrogens is 1. The summed E-state index contributed by atoms with van der Waals surface area (Å²) >= 11 is 0. The average Bonchev–Trinajstić information content (AvgIpc) is 3.23. The van der Waals surface area contributed by atoms with Crippen LogP contribution in [0.1, 0.15) is 23.0 Å². The number of nitrogens with one attached hydrogen (secondary N) is 1. The molecule has 1 aliphatic rings. The first-order valence-electron chi connectivity index (χ1n) is 12.7. The Labute approximate surface area is 254 Å². The second-order valence-corrected chi connectivity index (χ2v) is 14.5. The zero-order valence-electron chi connectivity index (χ0n) is 23.3. The lowest BCUT2D eigenvalue weighted by molar-refractivity contribution is -0.0546. The van der Waals surface area contributed by atoms with Crippen molar-refractivity contribution >= 4 is 28.5 Å². The summed E-state index contributed by atoms with van der Waals surface area (Å²) in [5.41, 5.74) is -0.585. The second kappa shape index (κ2) is 13.7. The number of aromatic nitrogens is 2. The van der Waals surface area contributed by atoms with E-state index in [0.717, 1.165) is 28.3 Å². The molecular weight excluding hydrogens is 661 g/mol. The molecule has 20 heteroatoms. The molecule has 7 atom stereocenters. The van der Waals surface area contributed by atoms with Crippen molar-refractivity contribution in [1.82, 2.24) is 9.55 Å². The van der Waals surface area contributed by atoms with Gasteiger partial charge in [0.25, 0.3) is 5.56 Å². The highest BCUT2D eigenvalue weighted by Crippen LogP contribution is 2.67. The van der Waals surface area contributed by atoms with Gasteiger partial charge in [-0.15, -0.1) is 0 Å². The van der Waals surface area contributed by atoms with E-state index < -0.39 is 70.9 Å². The molecule has 0 aliphatic carbocycles. The Morgan fingerprint density at radius 1 is 0.911 bits per heavy atom. The van der Waals surface area contributed by atoms with Crippen LogP contribution in [0.15, 0.2) is 64.2 Å². The van der Waals surface area contributed by atoms with Gasteiger partial charge in [-0.05, 0) is 49.2 Å². The Balaban J connectivity index is 1.47. The zero-order chi connectivity index (χ0) is 33.2. The minimum atomic E-state index is -5.75. The fourth-order valence-corrected chi connectivity index (χ4v) is 7.98. The summed E-state index contributed by atoms with van der Waals surface area (Å²) in [5, 5.41) is 20.7. The van der Waals surface area contributed by atoms with E-state index in [1.54, 1.807) is 24.3 Å². The van der Waals surface area contributed by atoms with Gasteiger partial charge >= 0.3 is 28.9 Å². The fraction of sp³-hybridized carbons (Fsp3) is 0.280. The number of phosphoric acid groups is 2. The van der Waals surface area contributed by atoms with Crippen LogP contribution >= 0.6 is 23.2 Å². The first-order valence-corrected chi connectivity index (χ1v) is 17.2. The van der Waals surface area contributed by atoms with E-state index in [9.17, 15) is 48.2 Å². The predicted molar refractivity (Wildman–Crippen MR) is 155 cm³/mol. The van der Waals surface area contributed by atoms with Crippen LogP contribution in [0.5, 0.6) is 5.75 Å². The number of rotatable bonds is 10. The molecule has 45 heavy (non-hydrogen) atoms. The van der Waals surface area contributed by atoms with Gasteiger partial charge in [0, 0.05) is 11.6 Å². The maximum atomic E-state index is 12.7. The Hall–Kier alpha value is -3.19. The molecular formula is C25H27N2O15P3. The number of aromatic amines is 1. The third-order valence-corrected chi connectivity index (χ3v) is 11.0. The van der Waals surface area contributed by atoms with Crippen molar-refractivity contribution in [1.29, 1.82) is 0 Å². The SMILES string of the molecule is COc1ccc(P(=O)(O)OP(=O)(O)OP(=O)(O)OC[C@H]2O[C@@H](n3c(C#Cc4ccc(C)cc4)cc(=O)[nH]c3=O)[C@H](O)[C@@H]2O)cc1. The first-order chi connectivity index (χ1) is 21.0. The first kappa shape index (κ1) is 34.7. The van der Waals surface area contributed by atoms with Gasteiger partial charge in [0.1, 0.15) is 29.8 Å². The number of nitrogens with zero attached hydrogens (tertiary/aromatic N) is 1. The number of aliphatic hydroxyl groups is 2. The summed E-state index contributed by atoms with van der Waals surface area (Å²) in [7, 11) is -15.1. The normalized spacial score (nSPS) is 23.6. The van der Waals surface area contributed by atoms with Gasteiger partial charge in [0.2, 0.25) is 0 Å². The van der Waals surface area contributed by atoms with Crippen LogP contribution in [0.2, 0.25) is 0 Å². The summed E-state index contributed by atoms with van der Waals surface area (Å²) in [6, 6.07) is 12.5. The molecule has 3 unspecified atom stereocenters. The van der Waals surface area contributed by atoms with E-state index >= 15 is 0 Å². The summed E-state index contributed by atoms with van der Waals surface area (Å²) in [6.07, 6.45) is -7.06. The van der Waals surface area contributed by atoms with Gasteiger partial charge in [-0.1, -0.05) is 23.6 Å². The van der Waals surface area contributed by atoms with Crippen LogP contribution in [0, 0.1) is 18.8 Å². The van der Waals surface area contributed by atoms with Crippen LogP contribution in [0.3, 0.4) is 0 Å². The number of phosphoric ester groups is 1. The van der Waals surface area contributed by atoms with Gasteiger partial charge in [-0.2, -0.15) is 4.31 Å². The molecule has 0 radical (unpaired) electrons. The lowest BCUT2D eigenvalue weighted by Crippen LogP contribution is -2.39. The number of ether oxygens (including phenoxy) is 2. The van der Waals surface area contributed by atoms with Gasteiger partial charge in [0.15, 0.2) is 6.23 Å². The van der Waals surface area contributed by atoms with Crippen LogP contribution in [-0.2, 0) is 31.6 Å². The Bertz CT molecular complexity index is 1860. The molecule has 0 amide bonds. The number of aryl methyl sites for hydroxylation is 1. The van der Waals surface area contributed by atoms with Crippen LogP contribution in [0.25, 0.3) is 0 Å². The van der Waals surface area contributed by atoms with E-state index in [0.29, 0.717) is 5.56 Å². The van der Waals surface area contributed by atoms with E-state index in [1.165, 1.54) is 19.2 Å². The molecule has 0 bridgehead atoms. The average molecular weight is 688 g/mol. The van der Waals surface area contributed by atoms with Crippen molar-refractivity contribution in [2.75, 3.05) is 13.7 Å². The van der Waals surface area contributed by atoms with Crippen molar-refractivity contribution in [2.24, 2.45) is 0 Å². The molecule has 1 aliphatic heterocycles. The Kier molecular flexibility index (Phi) is 10.5. The van der Waals surface area contributed by atoms with E-state index in [1.807, 2.05) is 11.9 Å². The number of methoxy groups -OCH3 is 1. The van der Waals surface area contributed by atoms with E-state index in [2.05, 4.69) is 25.0 Å². The van der Waals surface area contributed by atoms with Crippen molar-refractivity contribution < 1.29 is 61.2 Å². The van der Waals surface area contributed by atoms with Crippen molar-refractivity contribution in [3.63, 3.8) is 0 Å². The van der Waals surface area contributed by atoms with Crippen LogP contribution in [0.4, 0.5) is 0 Å². The standard InChI is InChI=1S/C25H27N2O15P3/c1-15-3-5-16(6-4-15)7-8-17-13-21(28)26-25(31)27(17)24-23(30)22(29)20(40-24)14-39-44(34,35)42-45(36,37)41-43(32,33)19-11-9-18(38-2)10-12-19/h3-6,9-13,20,22-24,29-30H,14H2,1-2H3,(H,32,33)(H,34,35)(H,36,37)(H,26,28,31)/t20-,22-,23-,24-/m1/s1. The zero-order valence-corrected chi connectivity index (χ0v) is 26.0. The van der Waals surface area contributed by atoms with Gasteiger partial charge in [-0.25, -0.2) is 18.2 Å². The third-order valence-electron chi connectivity index (χ3n) is 6.18. The van der Waals surface area contributed by atoms with Gasteiger partial charge < -0.3 is 34.4 Å². The molecule has 6 N–H and O–H groups in total. The summed E-state index contributed by atoms with van der Waals surface area (Å²) in [6.45, 7) is 0.797. The molecule has 2 heterocycles. The lowest BCUT2D eigenvalue weighted by Gasteiger charge is -2.20. The molecule has 1 aromatic heterocycles. The number of hydrogen-bond acceptors (Lipinski definition) is 12. The van der Waals surface area contributed by atoms with Crippen molar-refractivity contribution in [3.8, 4) is 17.6 Å². The summed E-state index contributed by atoms with van der Waals surface area (Å²) in [5.74, 6) is 5.69. The van der Waals surface area contributed by atoms with E-state index in [4.69, 9.17) is 9.47 Å². The summed E-state index contributed by atoms with van der Waals surface area (Å²) < 4.78 is 61.3. The predicted octanol–water partition coefficient (Wildman–Crippen LogP) is 0.634. The van der Waals surface area contributed by atoms with Crippen molar-refractivity contribution in [2.45, 2.75) is 31.5 Å². The number of benzene rings is 2. The maximum Gasteiger partial charge on any atom is 0.488 e. The Morgan fingerprint density at radius 3 is 2.18 bits per heavy atom. The van der Waals surface area contributed by atoms with Crippen molar-refractivity contribution in [3.05, 3.63) is 92.3 Å². The molecule has 0 saturated carbocycles. The molecule has 2 aromatic carbocycles. The molecule has 1 fully saturated rings. The third kappa shape index (κ3) is 8.75. The highest BCUT2D eigenvalue weighted by atomic mass is 31.3.